The van der Waals surface area contributed by atoms with Crippen molar-refractivity contribution in [3.05, 3.63) is 12.7 Å². The first-order chi connectivity index (χ1) is 6.83. The van der Waals surface area contributed by atoms with Crippen LogP contribution in [0.25, 0.3) is 0 Å². The Balaban J connectivity index is 2.38. The number of unbranched alkanes of at least 4 members (excludes halogenated alkanes) is 2. The highest BCUT2D eigenvalue weighted by Gasteiger charge is 2.30. The second-order valence-electron chi connectivity index (χ2n) is 4.56. The second-order valence-corrected chi connectivity index (χ2v) is 4.56. The topological polar surface area (TPSA) is 9.23 Å². The molecule has 0 atom stereocenters. The van der Waals surface area contributed by atoms with Crippen LogP contribution in [0.3, 0.4) is 0 Å². The second kappa shape index (κ2) is 6.23. The van der Waals surface area contributed by atoms with Crippen molar-refractivity contribution in [1.29, 1.82) is 0 Å². The summed E-state index contributed by atoms with van der Waals surface area (Å²) in [4.78, 5) is 0. The van der Waals surface area contributed by atoms with E-state index >= 15 is 0 Å². The van der Waals surface area contributed by atoms with Gasteiger partial charge in [0.15, 0.2) is 0 Å². The fourth-order valence-corrected chi connectivity index (χ4v) is 2.42. The van der Waals surface area contributed by atoms with E-state index in [2.05, 4.69) is 19.6 Å². The molecule has 14 heavy (non-hydrogen) atoms. The van der Waals surface area contributed by atoms with Gasteiger partial charge in [0.2, 0.25) is 0 Å². The van der Waals surface area contributed by atoms with Crippen molar-refractivity contribution >= 4 is 0 Å². The van der Waals surface area contributed by atoms with Crippen molar-refractivity contribution in [2.75, 3.05) is 13.2 Å². The number of ether oxygens (including phenoxy) is 1. The Kier molecular flexibility index (Phi) is 5.24. The lowest BCUT2D eigenvalue weighted by molar-refractivity contribution is 0.0104. The maximum absolute atomic E-state index is 5.44. The number of hydrogen-bond donors (Lipinski definition) is 0. The monoisotopic (exact) mass is 196 g/mol. The third-order valence-electron chi connectivity index (χ3n) is 3.44. The lowest BCUT2D eigenvalue weighted by atomic mass is 9.73. The molecule has 0 spiro atoms. The molecule has 1 fully saturated rings. The lowest BCUT2D eigenvalue weighted by Gasteiger charge is -2.36. The van der Waals surface area contributed by atoms with Gasteiger partial charge in [-0.25, -0.2) is 0 Å². The van der Waals surface area contributed by atoms with Gasteiger partial charge in [0, 0.05) is 13.2 Å². The molecule has 0 N–H and O–H groups in total. The molecule has 1 rings (SSSR count). The van der Waals surface area contributed by atoms with E-state index in [0.29, 0.717) is 5.41 Å². The quantitative estimate of drug-likeness (QED) is 0.462. The minimum Gasteiger partial charge on any atom is -0.381 e. The van der Waals surface area contributed by atoms with E-state index in [1.807, 2.05) is 0 Å². The van der Waals surface area contributed by atoms with Crippen LogP contribution < -0.4 is 0 Å². The maximum Gasteiger partial charge on any atom is 0.0471 e. The van der Waals surface area contributed by atoms with Gasteiger partial charge in [-0.15, -0.1) is 6.58 Å². The summed E-state index contributed by atoms with van der Waals surface area (Å²) in [5.41, 5.74) is 0.537. The summed E-state index contributed by atoms with van der Waals surface area (Å²) in [6.07, 6.45) is 11.2. The molecule has 0 bridgehead atoms. The summed E-state index contributed by atoms with van der Waals surface area (Å²) >= 11 is 0. The van der Waals surface area contributed by atoms with Gasteiger partial charge < -0.3 is 4.74 Å². The maximum atomic E-state index is 5.44. The van der Waals surface area contributed by atoms with Gasteiger partial charge in [0.05, 0.1) is 0 Å². The SMILES string of the molecule is C=CCC1(CCCCC)CCOCC1. The molecule has 1 nitrogen and oxygen atoms in total. The summed E-state index contributed by atoms with van der Waals surface area (Å²) in [5.74, 6) is 0. The zero-order valence-electron chi connectivity index (χ0n) is 9.56. The van der Waals surface area contributed by atoms with E-state index in [1.54, 1.807) is 0 Å². The smallest absolute Gasteiger partial charge is 0.0471 e. The van der Waals surface area contributed by atoms with Gasteiger partial charge in [0.25, 0.3) is 0 Å². The Morgan fingerprint density at radius 2 is 2.00 bits per heavy atom. The minimum atomic E-state index is 0.537. The van der Waals surface area contributed by atoms with E-state index in [4.69, 9.17) is 4.74 Å². The van der Waals surface area contributed by atoms with Crippen molar-refractivity contribution in [3.8, 4) is 0 Å². The molecule has 0 aromatic rings. The predicted octanol–water partition coefficient (Wildman–Crippen LogP) is 3.94. The van der Waals surface area contributed by atoms with Crippen LogP contribution in [0.15, 0.2) is 12.7 Å². The first-order valence-corrected chi connectivity index (χ1v) is 6.02. The zero-order valence-corrected chi connectivity index (χ0v) is 9.56. The molecule has 0 saturated carbocycles. The first-order valence-electron chi connectivity index (χ1n) is 6.02. The van der Waals surface area contributed by atoms with Crippen LogP contribution in [0, 0.1) is 5.41 Å². The van der Waals surface area contributed by atoms with Crippen molar-refractivity contribution < 1.29 is 4.74 Å². The van der Waals surface area contributed by atoms with Crippen LogP contribution in [-0.2, 0) is 4.74 Å². The average molecular weight is 196 g/mol. The van der Waals surface area contributed by atoms with Crippen molar-refractivity contribution in [3.63, 3.8) is 0 Å². The molecular formula is C13H24O. The van der Waals surface area contributed by atoms with Gasteiger partial charge in [-0.05, 0) is 31.1 Å². The predicted molar refractivity (Wildman–Crippen MR) is 61.4 cm³/mol. The molecule has 0 amide bonds. The Morgan fingerprint density at radius 1 is 1.29 bits per heavy atom. The molecule has 1 saturated heterocycles. The summed E-state index contributed by atoms with van der Waals surface area (Å²) in [6, 6.07) is 0. The van der Waals surface area contributed by atoms with Crippen LogP contribution >= 0.6 is 0 Å². The van der Waals surface area contributed by atoms with Gasteiger partial charge >= 0.3 is 0 Å². The molecular weight excluding hydrogens is 172 g/mol. The van der Waals surface area contributed by atoms with E-state index in [0.717, 1.165) is 13.2 Å². The third-order valence-corrected chi connectivity index (χ3v) is 3.44. The molecule has 0 aliphatic carbocycles. The fraction of sp³-hybridized carbons (Fsp3) is 0.846. The van der Waals surface area contributed by atoms with Crippen molar-refractivity contribution in [1.82, 2.24) is 0 Å². The van der Waals surface area contributed by atoms with Gasteiger partial charge in [-0.1, -0.05) is 32.3 Å². The van der Waals surface area contributed by atoms with Crippen molar-refractivity contribution in [2.24, 2.45) is 5.41 Å². The van der Waals surface area contributed by atoms with Crippen LogP contribution in [0.4, 0.5) is 0 Å². The van der Waals surface area contributed by atoms with Gasteiger partial charge in [0.1, 0.15) is 0 Å². The van der Waals surface area contributed by atoms with Gasteiger partial charge in [-0.3, -0.25) is 0 Å². The average Bonchev–Trinajstić information content (AvgIpc) is 2.20. The van der Waals surface area contributed by atoms with E-state index < -0.39 is 0 Å². The highest BCUT2D eigenvalue weighted by molar-refractivity contribution is 4.88. The normalized spacial score (nSPS) is 20.6. The summed E-state index contributed by atoms with van der Waals surface area (Å²) in [7, 11) is 0. The van der Waals surface area contributed by atoms with Crippen LogP contribution in [0.1, 0.15) is 51.9 Å². The Morgan fingerprint density at radius 3 is 2.57 bits per heavy atom. The van der Waals surface area contributed by atoms with Crippen molar-refractivity contribution in [2.45, 2.75) is 51.9 Å². The molecule has 1 aliphatic rings. The molecule has 0 radical (unpaired) electrons. The Bertz CT molecular complexity index is 157. The number of allylic oxidation sites excluding steroid dienone is 1. The molecule has 0 aromatic carbocycles. The number of rotatable bonds is 6. The molecule has 1 heterocycles. The minimum absolute atomic E-state index is 0.537. The molecule has 1 aliphatic heterocycles. The summed E-state index contributed by atoms with van der Waals surface area (Å²) in [6.45, 7) is 8.07. The molecule has 82 valence electrons. The Labute approximate surface area is 88.5 Å². The van der Waals surface area contributed by atoms with E-state index in [1.165, 1.54) is 44.9 Å². The fourth-order valence-electron chi connectivity index (χ4n) is 2.42. The Hall–Kier alpha value is -0.300. The van der Waals surface area contributed by atoms with Crippen LogP contribution in [0.2, 0.25) is 0 Å². The van der Waals surface area contributed by atoms with Crippen LogP contribution in [-0.4, -0.2) is 13.2 Å². The largest absolute Gasteiger partial charge is 0.381 e. The van der Waals surface area contributed by atoms with Crippen LogP contribution in [0.5, 0.6) is 0 Å². The molecule has 1 heteroatoms. The molecule has 0 aromatic heterocycles. The highest BCUT2D eigenvalue weighted by Crippen LogP contribution is 2.39. The highest BCUT2D eigenvalue weighted by atomic mass is 16.5. The van der Waals surface area contributed by atoms with E-state index in [9.17, 15) is 0 Å². The lowest BCUT2D eigenvalue weighted by Crippen LogP contribution is -2.29. The first kappa shape index (κ1) is 11.8. The van der Waals surface area contributed by atoms with E-state index in [-0.39, 0.29) is 0 Å². The summed E-state index contributed by atoms with van der Waals surface area (Å²) < 4.78 is 5.44. The third kappa shape index (κ3) is 3.45. The molecule has 0 unspecified atom stereocenters. The standard InChI is InChI=1S/C13H24O/c1-3-5-6-8-13(7-4-2)9-11-14-12-10-13/h4H,2-3,5-12H2,1H3. The van der Waals surface area contributed by atoms with Gasteiger partial charge in [-0.2, -0.15) is 0 Å². The number of hydrogen-bond acceptors (Lipinski definition) is 1. The summed E-state index contributed by atoms with van der Waals surface area (Å²) in [5, 5.41) is 0. The zero-order chi connectivity index (χ0) is 10.3.